The smallest absolute Gasteiger partial charge is 0.0546 e. The van der Waals surface area contributed by atoms with Gasteiger partial charge in [-0.25, -0.2) is 0 Å². The van der Waals surface area contributed by atoms with E-state index in [0.29, 0.717) is 0 Å². The zero-order valence-corrected chi connectivity index (χ0v) is 28.2. The van der Waals surface area contributed by atoms with E-state index in [0.717, 1.165) is 11.4 Å². The minimum Gasteiger partial charge on any atom is -0.310 e. The molecular formula is C49H35N. The molecule has 1 aliphatic rings. The Morgan fingerprint density at radius 3 is 1.90 bits per heavy atom. The van der Waals surface area contributed by atoms with Gasteiger partial charge in [0, 0.05) is 22.2 Å². The number of anilines is 3. The lowest BCUT2D eigenvalue weighted by atomic mass is 9.82. The molecule has 0 N–H and O–H groups in total. The minimum atomic E-state index is -0.0553. The molecule has 1 aliphatic carbocycles. The molecule has 0 spiro atoms. The van der Waals surface area contributed by atoms with E-state index >= 15 is 0 Å². The fourth-order valence-corrected chi connectivity index (χ4v) is 8.61. The van der Waals surface area contributed by atoms with Crippen molar-refractivity contribution in [2.75, 3.05) is 4.90 Å². The van der Waals surface area contributed by atoms with Gasteiger partial charge in [0.2, 0.25) is 0 Å². The summed E-state index contributed by atoms with van der Waals surface area (Å²) in [5.74, 6) is 0. The van der Waals surface area contributed by atoms with Crippen molar-refractivity contribution in [3.8, 4) is 22.3 Å². The maximum Gasteiger partial charge on any atom is 0.0546 e. The van der Waals surface area contributed by atoms with Gasteiger partial charge in [-0.2, -0.15) is 0 Å². The van der Waals surface area contributed by atoms with Crippen molar-refractivity contribution in [3.05, 3.63) is 187 Å². The Labute approximate surface area is 292 Å². The molecule has 1 nitrogen and oxygen atoms in total. The second kappa shape index (κ2) is 10.9. The molecule has 10 rings (SSSR count). The first-order valence-corrected chi connectivity index (χ1v) is 17.5. The van der Waals surface area contributed by atoms with Crippen LogP contribution in [0.5, 0.6) is 0 Å². The maximum atomic E-state index is 2.49. The van der Waals surface area contributed by atoms with Crippen LogP contribution >= 0.6 is 0 Å². The van der Waals surface area contributed by atoms with Crippen molar-refractivity contribution < 1.29 is 0 Å². The molecule has 0 aromatic heterocycles. The molecule has 1 heteroatoms. The maximum absolute atomic E-state index is 2.49. The lowest BCUT2D eigenvalue weighted by Gasteiger charge is -2.29. The normalized spacial score (nSPS) is 13.2. The minimum absolute atomic E-state index is 0.0553. The van der Waals surface area contributed by atoms with E-state index < -0.39 is 0 Å². The molecule has 0 fully saturated rings. The Balaban J connectivity index is 1.26. The van der Waals surface area contributed by atoms with Crippen molar-refractivity contribution in [2.24, 2.45) is 0 Å². The molecule has 50 heavy (non-hydrogen) atoms. The molecule has 0 heterocycles. The Hall–Kier alpha value is -6.18. The van der Waals surface area contributed by atoms with E-state index in [4.69, 9.17) is 0 Å². The van der Waals surface area contributed by atoms with Crippen molar-refractivity contribution in [1.29, 1.82) is 0 Å². The highest BCUT2D eigenvalue weighted by atomic mass is 15.1. The zero-order valence-electron chi connectivity index (χ0n) is 28.2. The lowest BCUT2D eigenvalue weighted by Crippen LogP contribution is -2.15. The van der Waals surface area contributed by atoms with Gasteiger partial charge in [-0.15, -0.1) is 0 Å². The molecule has 0 radical (unpaired) electrons. The number of rotatable bonds is 4. The van der Waals surface area contributed by atoms with Gasteiger partial charge in [0.05, 0.1) is 5.69 Å². The second-order valence-electron chi connectivity index (χ2n) is 14.1. The Bertz CT molecular complexity index is 2800. The van der Waals surface area contributed by atoms with Crippen LogP contribution in [0.1, 0.15) is 25.0 Å². The predicted octanol–water partition coefficient (Wildman–Crippen LogP) is 13.7. The van der Waals surface area contributed by atoms with Crippen molar-refractivity contribution >= 4 is 60.2 Å². The standard InChI is InChI=1S/C49H35N/c1-49(2)45-22-8-7-20-42(45)44-31-37(26-29-46(44)49)50(36-17-9-16-35(30-36)40-21-10-14-32-12-3-5-18-38(32)40)47-23-11-15-34-25-27-41-39-19-6-4-13-33(39)24-28-43(41)48(34)47/h3-31H,1-2H3. The van der Waals surface area contributed by atoms with Gasteiger partial charge in [-0.3, -0.25) is 0 Å². The van der Waals surface area contributed by atoms with Crippen LogP contribution in [0.25, 0.3) is 65.3 Å². The van der Waals surface area contributed by atoms with Crippen molar-refractivity contribution in [1.82, 2.24) is 0 Å². The van der Waals surface area contributed by atoms with Gasteiger partial charge in [-0.05, 0) is 101 Å². The third-order valence-corrected chi connectivity index (χ3v) is 11.0. The first-order chi connectivity index (χ1) is 24.6. The highest BCUT2D eigenvalue weighted by Gasteiger charge is 2.35. The molecule has 0 unspecified atom stereocenters. The van der Waals surface area contributed by atoms with Crippen LogP contribution in [0.15, 0.2) is 176 Å². The van der Waals surface area contributed by atoms with Crippen LogP contribution in [0.2, 0.25) is 0 Å². The van der Waals surface area contributed by atoms with Crippen LogP contribution in [-0.4, -0.2) is 0 Å². The third-order valence-electron chi connectivity index (χ3n) is 11.0. The van der Waals surface area contributed by atoms with E-state index in [9.17, 15) is 0 Å². The summed E-state index contributed by atoms with van der Waals surface area (Å²) in [5.41, 5.74) is 11.2. The molecule has 0 bridgehead atoms. The van der Waals surface area contributed by atoms with Crippen LogP contribution < -0.4 is 4.90 Å². The Morgan fingerprint density at radius 1 is 0.380 bits per heavy atom. The lowest BCUT2D eigenvalue weighted by molar-refractivity contribution is 0.660. The van der Waals surface area contributed by atoms with Gasteiger partial charge >= 0.3 is 0 Å². The van der Waals surface area contributed by atoms with Gasteiger partial charge in [-0.1, -0.05) is 159 Å². The number of nitrogens with zero attached hydrogens (tertiary/aromatic N) is 1. The molecule has 0 saturated heterocycles. The first kappa shape index (κ1) is 28.8. The largest absolute Gasteiger partial charge is 0.310 e. The summed E-state index contributed by atoms with van der Waals surface area (Å²) in [7, 11) is 0. The summed E-state index contributed by atoms with van der Waals surface area (Å²) in [6.07, 6.45) is 0. The second-order valence-corrected chi connectivity index (χ2v) is 14.1. The predicted molar refractivity (Wildman–Crippen MR) is 214 cm³/mol. The van der Waals surface area contributed by atoms with E-state index in [-0.39, 0.29) is 5.41 Å². The SMILES string of the molecule is CC1(C)c2ccccc2-c2cc(N(c3cccc(-c4cccc5ccccc45)c3)c3cccc4ccc5c6ccccc6ccc5c34)ccc21. The van der Waals surface area contributed by atoms with Crippen molar-refractivity contribution in [2.45, 2.75) is 19.3 Å². The quantitative estimate of drug-likeness (QED) is 0.174. The van der Waals surface area contributed by atoms with E-state index in [1.54, 1.807) is 0 Å². The average Bonchev–Trinajstić information content (AvgIpc) is 3.40. The summed E-state index contributed by atoms with van der Waals surface area (Å²) < 4.78 is 0. The van der Waals surface area contributed by atoms with E-state index in [2.05, 4.69) is 195 Å². The van der Waals surface area contributed by atoms with Crippen LogP contribution in [0.4, 0.5) is 17.1 Å². The van der Waals surface area contributed by atoms with E-state index in [1.807, 2.05) is 0 Å². The summed E-state index contributed by atoms with van der Waals surface area (Å²) in [6, 6.07) is 65.1. The average molecular weight is 638 g/mol. The topological polar surface area (TPSA) is 3.24 Å². The molecule has 9 aromatic carbocycles. The molecule has 236 valence electrons. The third kappa shape index (κ3) is 4.27. The van der Waals surface area contributed by atoms with Crippen LogP contribution in [-0.2, 0) is 5.41 Å². The molecule has 9 aromatic rings. The summed E-state index contributed by atoms with van der Waals surface area (Å²) in [4.78, 5) is 2.49. The summed E-state index contributed by atoms with van der Waals surface area (Å²) >= 11 is 0. The van der Waals surface area contributed by atoms with Gasteiger partial charge in [0.15, 0.2) is 0 Å². The number of hydrogen-bond acceptors (Lipinski definition) is 1. The highest BCUT2D eigenvalue weighted by molar-refractivity contribution is 6.21. The molecule has 0 amide bonds. The van der Waals surface area contributed by atoms with Gasteiger partial charge < -0.3 is 4.90 Å². The fraction of sp³-hybridized carbons (Fsp3) is 0.0612. The zero-order chi connectivity index (χ0) is 33.4. The number of fused-ring (bicyclic) bond motifs is 9. The van der Waals surface area contributed by atoms with Crippen LogP contribution in [0.3, 0.4) is 0 Å². The highest BCUT2D eigenvalue weighted by Crippen LogP contribution is 2.51. The number of hydrogen-bond donors (Lipinski definition) is 0. The summed E-state index contributed by atoms with van der Waals surface area (Å²) in [5, 5.41) is 10.1. The molecule has 0 aliphatic heterocycles. The first-order valence-electron chi connectivity index (χ1n) is 17.5. The number of benzene rings is 9. The van der Waals surface area contributed by atoms with Crippen molar-refractivity contribution in [3.63, 3.8) is 0 Å². The fourth-order valence-electron chi connectivity index (χ4n) is 8.61. The molecular weight excluding hydrogens is 603 g/mol. The molecule has 0 saturated carbocycles. The Kier molecular flexibility index (Phi) is 6.29. The van der Waals surface area contributed by atoms with Gasteiger partial charge in [0.1, 0.15) is 0 Å². The van der Waals surface area contributed by atoms with Gasteiger partial charge in [0.25, 0.3) is 0 Å². The monoisotopic (exact) mass is 637 g/mol. The summed E-state index contributed by atoms with van der Waals surface area (Å²) in [6.45, 7) is 4.70. The molecule has 0 atom stereocenters. The van der Waals surface area contributed by atoms with E-state index in [1.165, 1.54) is 82.2 Å². The Morgan fingerprint density at radius 2 is 1.00 bits per heavy atom. The van der Waals surface area contributed by atoms with Crippen LogP contribution in [0, 0.1) is 0 Å².